The summed E-state index contributed by atoms with van der Waals surface area (Å²) in [5.74, 6) is -0.413. The van der Waals surface area contributed by atoms with Crippen LogP contribution in [-0.4, -0.2) is 37.0 Å². The standard InChI is InChI=1S/C15H18O5/c1-2-18-14(16)8-7-11-5-3-4-6-13(11)15(17)20-10-12-9-19-12/h3-8,12,15,17H,2,9-10H2,1H3/b8-7+/t12?,15-/m1/s1. The van der Waals surface area contributed by atoms with Crippen molar-refractivity contribution in [3.63, 3.8) is 0 Å². The Bertz CT molecular complexity index is 479. The van der Waals surface area contributed by atoms with E-state index in [0.717, 1.165) is 0 Å². The summed E-state index contributed by atoms with van der Waals surface area (Å²) in [4.78, 5) is 11.3. The third kappa shape index (κ3) is 4.45. The van der Waals surface area contributed by atoms with E-state index in [-0.39, 0.29) is 6.10 Å². The van der Waals surface area contributed by atoms with Crippen molar-refractivity contribution < 1.29 is 24.1 Å². The van der Waals surface area contributed by atoms with Gasteiger partial charge >= 0.3 is 5.97 Å². The minimum Gasteiger partial charge on any atom is -0.463 e. The van der Waals surface area contributed by atoms with Gasteiger partial charge in [-0.25, -0.2) is 4.79 Å². The number of hydrogen-bond donors (Lipinski definition) is 1. The Morgan fingerprint density at radius 3 is 3.00 bits per heavy atom. The average Bonchev–Trinajstić information content (AvgIpc) is 3.27. The number of aliphatic hydroxyl groups excluding tert-OH is 1. The second kappa shape index (κ2) is 7.19. The van der Waals surface area contributed by atoms with E-state index in [1.54, 1.807) is 31.2 Å². The van der Waals surface area contributed by atoms with Crippen LogP contribution < -0.4 is 0 Å². The molecule has 1 N–H and O–H groups in total. The summed E-state index contributed by atoms with van der Waals surface area (Å²) in [6, 6.07) is 7.18. The predicted molar refractivity (Wildman–Crippen MR) is 72.8 cm³/mol. The molecule has 1 heterocycles. The molecule has 0 amide bonds. The molecule has 1 aromatic carbocycles. The van der Waals surface area contributed by atoms with E-state index in [0.29, 0.717) is 30.9 Å². The fourth-order valence-corrected chi connectivity index (χ4v) is 1.69. The van der Waals surface area contributed by atoms with Crippen LogP contribution in [-0.2, 0) is 19.0 Å². The van der Waals surface area contributed by atoms with E-state index in [4.69, 9.17) is 14.2 Å². The normalized spacial score (nSPS) is 19.0. The maximum Gasteiger partial charge on any atom is 0.330 e. The number of aliphatic hydroxyl groups is 1. The van der Waals surface area contributed by atoms with E-state index in [1.165, 1.54) is 6.08 Å². The van der Waals surface area contributed by atoms with Crippen LogP contribution in [0.4, 0.5) is 0 Å². The molecule has 0 aromatic heterocycles. The largest absolute Gasteiger partial charge is 0.463 e. The van der Waals surface area contributed by atoms with E-state index >= 15 is 0 Å². The smallest absolute Gasteiger partial charge is 0.330 e. The maximum absolute atomic E-state index is 11.3. The molecule has 0 radical (unpaired) electrons. The molecule has 0 aliphatic carbocycles. The quantitative estimate of drug-likeness (QED) is 0.355. The van der Waals surface area contributed by atoms with E-state index in [2.05, 4.69) is 0 Å². The monoisotopic (exact) mass is 278 g/mol. The van der Waals surface area contributed by atoms with Crippen LogP contribution in [0, 0.1) is 0 Å². The van der Waals surface area contributed by atoms with E-state index in [1.807, 2.05) is 6.07 Å². The number of rotatable bonds is 7. The molecule has 108 valence electrons. The predicted octanol–water partition coefficient (Wildman–Crippen LogP) is 1.67. The Morgan fingerprint density at radius 1 is 1.55 bits per heavy atom. The van der Waals surface area contributed by atoms with Gasteiger partial charge in [0.25, 0.3) is 0 Å². The van der Waals surface area contributed by atoms with Crippen LogP contribution in [0.5, 0.6) is 0 Å². The van der Waals surface area contributed by atoms with Crippen LogP contribution in [0.3, 0.4) is 0 Å². The molecule has 0 spiro atoms. The molecule has 2 rings (SSSR count). The van der Waals surface area contributed by atoms with Gasteiger partial charge in [0.1, 0.15) is 6.10 Å². The minimum atomic E-state index is -1.04. The maximum atomic E-state index is 11.3. The third-order valence-corrected chi connectivity index (χ3v) is 2.79. The first-order chi connectivity index (χ1) is 9.70. The Labute approximate surface area is 117 Å². The first kappa shape index (κ1) is 14.7. The molecule has 1 saturated heterocycles. The van der Waals surface area contributed by atoms with Crippen molar-refractivity contribution in [1.29, 1.82) is 0 Å². The van der Waals surface area contributed by atoms with Gasteiger partial charge in [-0.3, -0.25) is 0 Å². The Morgan fingerprint density at radius 2 is 2.30 bits per heavy atom. The Balaban J connectivity index is 2.02. The van der Waals surface area contributed by atoms with Crippen molar-refractivity contribution >= 4 is 12.0 Å². The summed E-state index contributed by atoms with van der Waals surface area (Å²) in [5, 5.41) is 10.0. The van der Waals surface area contributed by atoms with Crippen molar-refractivity contribution in [2.75, 3.05) is 19.8 Å². The van der Waals surface area contributed by atoms with Crippen LogP contribution >= 0.6 is 0 Å². The van der Waals surface area contributed by atoms with Crippen LogP contribution in [0.2, 0.25) is 0 Å². The molecular formula is C15H18O5. The highest BCUT2D eigenvalue weighted by Gasteiger charge is 2.24. The van der Waals surface area contributed by atoms with Crippen molar-refractivity contribution in [3.8, 4) is 0 Å². The lowest BCUT2D eigenvalue weighted by molar-refractivity contribution is -0.137. The van der Waals surface area contributed by atoms with E-state index < -0.39 is 12.3 Å². The van der Waals surface area contributed by atoms with Gasteiger partial charge in [0.2, 0.25) is 0 Å². The summed E-state index contributed by atoms with van der Waals surface area (Å²) in [6.07, 6.45) is 1.99. The lowest BCUT2D eigenvalue weighted by atomic mass is 10.1. The Hall–Kier alpha value is -1.69. The molecule has 1 aliphatic heterocycles. The molecule has 1 fully saturated rings. The SMILES string of the molecule is CCOC(=O)/C=C/c1ccccc1[C@H](O)OCC1CO1. The summed E-state index contributed by atoms with van der Waals surface area (Å²) >= 11 is 0. The van der Waals surface area contributed by atoms with Gasteiger partial charge < -0.3 is 19.3 Å². The zero-order valence-corrected chi connectivity index (χ0v) is 11.3. The van der Waals surface area contributed by atoms with Gasteiger partial charge in [0.15, 0.2) is 6.29 Å². The molecule has 1 aromatic rings. The third-order valence-electron chi connectivity index (χ3n) is 2.79. The molecule has 1 aliphatic rings. The van der Waals surface area contributed by atoms with Gasteiger partial charge in [-0.1, -0.05) is 24.3 Å². The van der Waals surface area contributed by atoms with Gasteiger partial charge in [0, 0.05) is 11.6 Å². The highest BCUT2D eigenvalue weighted by molar-refractivity contribution is 5.87. The molecule has 0 saturated carbocycles. The summed E-state index contributed by atoms with van der Waals surface area (Å²) in [5.41, 5.74) is 1.32. The van der Waals surface area contributed by atoms with Crippen molar-refractivity contribution in [1.82, 2.24) is 0 Å². The van der Waals surface area contributed by atoms with Gasteiger partial charge in [-0.05, 0) is 18.6 Å². The molecular weight excluding hydrogens is 260 g/mol. The molecule has 20 heavy (non-hydrogen) atoms. The number of carbonyl (C=O) groups excluding carboxylic acids is 1. The van der Waals surface area contributed by atoms with Crippen LogP contribution in [0.15, 0.2) is 30.3 Å². The van der Waals surface area contributed by atoms with Crippen molar-refractivity contribution in [3.05, 3.63) is 41.5 Å². The number of epoxide rings is 1. The topological polar surface area (TPSA) is 68.3 Å². The fourth-order valence-electron chi connectivity index (χ4n) is 1.69. The molecule has 5 heteroatoms. The zero-order valence-electron chi connectivity index (χ0n) is 11.3. The summed E-state index contributed by atoms with van der Waals surface area (Å²) in [7, 11) is 0. The lowest BCUT2D eigenvalue weighted by Gasteiger charge is -2.14. The van der Waals surface area contributed by atoms with Crippen LogP contribution in [0.25, 0.3) is 6.08 Å². The number of esters is 1. The number of ether oxygens (including phenoxy) is 3. The zero-order chi connectivity index (χ0) is 14.4. The number of benzene rings is 1. The van der Waals surface area contributed by atoms with Crippen molar-refractivity contribution in [2.24, 2.45) is 0 Å². The molecule has 1 unspecified atom stereocenters. The number of hydrogen-bond acceptors (Lipinski definition) is 5. The fraction of sp³-hybridized carbons (Fsp3) is 0.400. The highest BCUT2D eigenvalue weighted by atomic mass is 16.6. The average molecular weight is 278 g/mol. The minimum absolute atomic E-state index is 0.0897. The molecule has 0 bridgehead atoms. The highest BCUT2D eigenvalue weighted by Crippen LogP contribution is 2.22. The second-order valence-electron chi connectivity index (χ2n) is 4.36. The van der Waals surface area contributed by atoms with Crippen molar-refractivity contribution in [2.45, 2.75) is 19.3 Å². The van der Waals surface area contributed by atoms with Gasteiger partial charge in [-0.15, -0.1) is 0 Å². The van der Waals surface area contributed by atoms with Gasteiger partial charge in [-0.2, -0.15) is 0 Å². The first-order valence-corrected chi connectivity index (χ1v) is 6.55. The molecule has 5 nitrogen and oxygen atoms in total. The van der Waals surface area contributed by atoms with Gasteiger partial charge in [0.05, 0.1) is 19.8 Å². The summed E-state index contributed by atoms with van der Waals surface area (Å²) in [6.45, 7) is 3.11. The second-order valence-corrected chi connectivity index (χ2v) is 4.36. The Kier molecular flexibility index (Phi) is 5.29. The lowest BCUT2D eigenvalue weighted by Crippen LogP contribution is -2.09. The number of carbonyl (C=O) groups is 1. The summed E-state index contributed by atoms with van der Waals surface area (Å²) < 4.78 is 15.2. The molecule has 2 atom stereocenters. The van der Waals surface area contributed by atoms with Crippen LogP contribution in [0.1, 0.15) is 24.3 Å². The van der Waals surface area contributed by atoms with E-state index in [9.17, 15) is 9.90 Å². The first-order valence-electron chi connectivity index (χ1n) is 6.55.